The van der Waals surface area contributed by atoms with E-state index in [0.717, 1.165) is 13.1 Å². The van der Waals surface area contributed by atoms with Gasteiger partial charge < -0.3 is 10.2 Å². The van der Waals surface area contributed by atoms with Crippen LogP contribution in [-0.2, 0) is 0 Å². The van der Waals surface area contributed by atoms with Crippen LogP contribution >= 0.6 is 24.8 Å². The predicted octanol–water partition coefficient (Wildman–Crippen LogP) is 0.909. The minimum Gasteiger partial charge on any atom is -0.357 e. The van der Waals surface area contributed by atoms with Crippen molar-refractivity contribution in [2.24, 2.45) is 0 Å². The number of hydrogen-bond acceptors (Lipinski definition) is 2. The lowest BCUT2D eigenvalue weighted by Gasteiger charge is -2.12. The summed E-state index contributed by atoms with van der Waals surface area (Å²) in [7, 11) is 3.83. The molecule has 0 saturated carbocycles. The van der Waals surface area contributed by atoms with E-state index in [9.17, 15) is 0 Å². The summed E-state index contributed by atoms with van der Waals surface area (Å²) < 4.78 is 0.624. The van der Waals surface area contributed by atoms with Crippen molar-refractivity contribution in [1.82, 2.24) is 10.2 Å². The zero-order valence-electron chi connectivity index (χ0n) is 6.87. The smallest absolute Gasteiger partial charge is 0.133 e. The minimum absolute atomic E-state index is 0.624. The lowest BCUT2D eigenvalue weighted by atomic mass is 10.4. The molecule has 0 aliphatic rings. The molecule has 0 radical (unpaired) electrons. The maximum Gasteiger partial charge on any atom is 0.133 e. The van der Waals surface area contributed by atoms with Crippen LogP contribution in [0.3, 0.4) is 0 Å². The summed E-state index contributed by atoms with van der Waals surface area (Å²) in [5.41, 5.74) is 0. The van der Waals surface area contributed by atoms with E-state index in [4.69, 9.17) is 12.2 Å². The highest BCUT2D eigenvalue weighted by Crippen LogP contribution is 1.91. The fourth-order valence-corrected chi connectivity index (χ4v) is 0.668. The summed E-state index contributed by atoms with van der Waals surface area (Å²) in [6.07, 6.45) is 4.11. The largest absolute Gasteiger partial charge is 0.357 e. The summed E-state index contributed by atoms with van der Waals surface area (Å²) in [6.45, 7) is 1.72. The van der Waals surface area contributed by atoms with Crippen LogP contribution in [0.25, 0.3) is 0 Å². The van der Waals surface area contributed by atoms with Crippen LogP contribution in [0.5, 0.6) is 0 Å². The molecule has 0 atom stereocenters. The molecule has 64 valence electrons. The Labute approximate surface area is 79.1 Å². The van der Waals surface area contributed by atoms with Gasteiger partial charge in [-0.1, -0.05) is 24.4 Å². The molecule has 0 aromatic carbocycles. The van der Waals surface area contributed by atoms with Gasteiger partial charge in [0.15, 0.2) is 0 Å². The van der Waals surface area contributed by atoms with Crippen LogP contribution in [-0.4, -0.2) is 36.4 Å². The minimum atomic E-state index is 0.624. The molecular formula is C7H14N2S2. The Kier molecular flexibility index (Phi) is 6.60. The van der Waals surface area contributed by atoms with E-state index in [1.54, 1.807) is 0 Å². The highest BCUT2D eigenvalue weighted by Gasteiger charge is 1.93. The summed E-state index contributed by atoms with van der Waals surface area (Å²) in [5.74, 6) is 0. The van der Waals surface area contributed by atoms with Gasteiger partial charge in [0.1, 0.15) is 4.32 Å². The first-order valence-corrected chi connectivity index (χ1v) is 4.27. The molecule has 11 heavy (non-hydrogen) atoms. The van der Waals surface area contributed by atoms with Crippen molar-refractivity contribution < 1.29 is 0 Å². The Morgan fingerprint density at radius 3 is 2.73 bits per heavy atom. The van der Waals surface area contributed by atoms with E-state index in [0.29, 0.717) is 4.32 Å². The van der Waals surface area contributed by atoms with Crippen molar-refractivity contribution in [3.8, 4) is 0 Å². The van der Waals surface area contributed by atoms with Crippen molar-refractivity contribution in [1.29, 1.82) is 0 Å². The monoisotopic (exact) mass is 190 g/mol. The van der Waals surface area contributed by atoms with E-state index in [-0.39, 0.29) is 0 Å². The quantitative estimate of drug-likeness (QED) is 0.389. The molecule has 0 unspecified atom stereocenters. The fourth-order valence-electron chi connectivity index (χ4n) is 0.512. The fraction of sp³-hybridized carbons (Fsp3) is 0.571. The molecule has 0 aromatic rings. The number of rotatable bonds is 4. The highest BCUT2D eigenvalue weighted by molar-refractivity contribution is 8.10. The number of nitrogens with one attached hydrogen (secondary N) is 1. The van der Waals surface area contributed by atoms with E-state index < -0.39 is 0 Å². The van der Waals surface area contributed by atoms with Gasteiger partial charge in [-0.2, -0.15) is 0 Å². The van der Waals surface area contributed by atoms with Crippen molar-refractivity contribution in [3.63, 3.8) is 0 Å². The van der Waals surface area contributed by atoms with E-state index >= 15 is 0 Å². The first-order valence-electron chi connectivity index (χ1n) is 3.42. The molecule has 0 saturated heterocycles. The second-order valence-corrected chi connectivity index (χ2v) is 3.31. The Balaban J connectivity index is 3.44. The maximum atomic E-state index is 4.84. The molecule has 0 heterocycles. The predicted molar refractivity (Wildman–Crippen MR) is 57.3 cm³/mol. The maximum absolute atomic E-state index is 4.84. The van der Waals surface area contributed by atoms with E-state index in [2.05, 4.69) is 30.1 Å². The van der Waals surface area contributed by atoms with E-state index in [1.807, 2.05) is 19.0 Å². The van der Waals surface area contributed by atoms with Gasteiger partial charge >= 0.3 is 0 Å². The molecule has 0 bridgehead atoms. The van der Waals surface area contributed by atoms with Crippen LogP contribution in [0.1, 0.15) is 0 Å². The van der Waals surface area contributed by atoms with Crippen molar-refractivity contribution in [3.05, 3.63) is 12.2 Å². The Morgan fingerprint density at radius 2 is 2.27 bits per heavy atom. The van der Waals surface area contributed by atoms with Gasteiger partial charge in [0.2, 0.25) is 0 Å². The zero-order chi connectivity index (χ0) is 8.69. The normalized spacial score (nSPS) is 10.5. The van der Waals surface area contributed by atoms with Gasteiger partial charge in [0.25, 0.3) is 0 Å². The lowest BCUT2D eigenvalue weighted by Crippen LogP contribution is -2.20. The topological polar surface area (TPSA) is 15.3 Å². The Hall–Kier alpha value is -0.0600. The van der Waals surface area contributed by atoms with Crippen LogP contribution in [0.2, 0.25) is 0 Å². The molecule has 1 N–H and O–H groups in total. The molecule has 0 aliphatic heterocycles. The number of nitrogens with zero attached hydrogens (tertiary/aromatic N) is 1. The molecule has 0 spiro atoms. The number of hydrogen-bond donors (Lipinski definition) is 2. The van der Waals surface area contributed by atoms with Crippen molar-refractivity contribution >= 4 is 29.2 Å². The zero-order valence-corrected chi connectivity index (χ0v) is 8.58. The summed E-state index contributed by atoms with van der Waals surface area (Å²) in [4.78, 5) is 1.89. The molecule has 0 aromatic heterocycles. The molecule has 0 aliphatic carbocycles. The van der Waals surface area contributed by atoms with Crippen LogP contribution < -0.4 is 5.32 Å². The average Bonchev–Trinajstić information content (AvgIpc) is 1.97. The molecule has 2 nitrogen and oxygen atoms in total. The Bertz CT molecular complexity index is 145. The highest BCUT2D eigenvalue weighted by atomic mass is 32.1. The molecule has 0 rings (SSSR count). The van der Waals surface area contributed by atoms with Crippen LogP contribution in [0, 0.1) is 0 Å². The second kappa shape index (κ2) is 6.64. The third-order valence-corrected chi connectivity index (χ3v) is 1.85. The average molecular weight is 190 g/mol. The molecule has 0 amide bonds. The van der Waals surface area contributed by atoms with Gasteiger partial charge in [-0.15, -0.1) is 12.6 Å². The van der Waals surface area contributed by atoms with Gasteiger partial charge in [0, 0.05) is 20.1 Å². The molecule has 4 heteroatoms. The van der Waals surface area contributed by atoms with E-state index in [1.165, 1.54) is 0 Å². The lowest BCUT2D eigenvalue weighted by molar-refractivity contribution is 0.585. The molecular weight excluding hydrogens is 176 g/mol. The number of likely N-dealkylation sites (N-methyl/N-ethyl adjacent to an activating group) is 2. The number of thiocarbonyl (C=S) groups is 1. The summed E-state index contributed by atoms with van der Waals surface area (Å²) in [6, 6.07) is 0. The first kappa shape index (κ1) is 10.9. The van der Waals surface area contributed by atoms with Gasteiger partial charge in [-0.3, -0.25) is 0 Å². The third-order valence-electron chi connectivity index (χ3n) is 1.19. The Morgan fingerprint density at radius 1 is 1.64 bits per heavy atom. The molecule has 0 fully saturated rings. The standard InChI is InChI=1S/C7H14N2S2/c1-8-5-3-4-6-9(2)7(10)11/h3-4,8H,5-6H2,1-2H3,(H,10,11)/b4-3+. The van der Waals surface area contributed by atoms with Crippen molar-refractivity contribution in [2.45, 2.75) is 0 Å². The third kappa shape index (κ3) is 6.34. The van der Waals surface area contributed by atoms with Crippen LogP contribution in [0.15, 0.2) is 12.2 Å². The second-order valence-electron chi connectivity index (χ2n) is 2.19. The van der Waals surface area contributed by atoms with Gasteiger partial charge in [0.05, 0.1) is 0 Å². The first-order chi connectivity index (χ1) is 5.18. The van der Waals surface area contributed by atoms with Crippen molar-refractivity contribution in [2.75, 3.05) is 27.2 Å². The van der Waals surface area contributed by atoms with Gasteiger partial charge in [-0.25, -0.2) is 0 Å². The van der Waals surface area contributed by atoms with Gasteiger partial charge in [-0.05, 0) is 7.05 Å². The summed E-state index contributed by atoms with van der Waals surface area (Å²) in [5, 5.41) is 3.01. The SMILES string of the molecule is CNC/C=C/CN(C)C(=S)S. The van der Waals surface area contributed by atoms with Crippen LogP contribution in [0.4, 0.5) is 0 Å². The number of thiol groups is 1. The summed E-state index contributed by atoms with van der Waals surface area (Å²) >= 11 is 8.86.